The first-order valence-corrected chi connectivity index (χ1v) is 7.60. The van der Waals surface area contributed by atoms with Crippen molar-refractivity contribution >= 4 is 23.6 Å². The monoisotopic (exact) mass is 295 g/mol. The highest BCUT2D eigenvalue weighted by Gasteiger charge is 2.26. The Morgan fingerprint density at radius 2 is 2.20 bits per heavy atom. The van der Waals surface area contributed by atoms with E-state index in [9.17, 15) is 9.59 Å². The third-order valence-corrected chi connectivity index (χ3v) is 3.95. The number of nitrogens with one attached hydrogen (secondary N) is 1. The van der Waals surface area contributed by atoms with Gasteiger partial charge in [-0.1, -0.05) is 24.3 Å². The van der Waals surface area contributed by atoms with Crippen LogP contribution in [0.3, 0.4) is 0 Å². The lowest BCUT2D eigenvalue weighted by Gasteiger charge is -2.25. The molecule has 1 aromatic rings. The van der Waals surface area contributed by atoms with Gasteiger partial charge in [-0.2, -0.15) is 0 Å². The standard InChI is InChI=1S/C14H17NO4S/c16-12(17)9-20-8-6-15-14(18)13-11-4-2-1-3-10(11)5-7-19-13/h1-4,13H,5-9H2,(H,15,18)(H,16,17). The predicted octanol–water partition coefficient (Wildman–Crippen LogP) is 1.23. The first-order valence-electron chi connectivity index (χ1n) is 6.45. The molecule has 0 saturated heterocycles. The fourth-order valence-electron chi connectivity index (χ4n) is 2.11. The molecule has 1 heterocycles. The number of benzene rings is 1. The SMILES string of the molecule is O=C(O)CSCCNC(=O)C1OCCc2ccccc21. The number of carbonyl (C=O) groups excluding carboxylic acids is 1. The van der Waals surface area contributed by atoms with Gasteiger partial charge in [0.15, 0.2) is 6.10 Å². The lowest BCUT2D eigenvalue weighted by Crippen LogP contribution is -2.35. The minimum absolute atomic E-state index is 0.0542. The number of aliphatic carboxylic acids is 1. The van der Waals surface area contributed by atoms with E-state index in [2.05, 4.69) is 5.32 Å². The third-order valence-electron chi connectivity index (χ3n) is 3.00. The average Bonchev–Trinajstić information content (AvgIpc) is 2.45. The lowest BCUT2D eigenvalue weighted by molar-refractivity contribution is -0.134. The minimum Gasteiger partial charge on any atom is -0.481 e. The molecular weight excluding hydrogens is 278 g/mol. The van der Waals surface area contributed by atoms with E-state index in [0.717, 1.165) is 17.5 Å². The zero-order valence-electron chi connectivity index (χ0n) is 11.0. The fraction of sp³-hybridized carbons (Fsp3) is 0.429. The molecule has 1 aliphatic heterocycles. The van der Waals surface area contributed by atoms with Crippen molar-refractivity contribution in [2.75, 3.05) is 24.7 Å². The quantitative estimate of drug-likeness (QED) is 0.772. The molecule has 108 valence electrons. The Hall–Kier alpha value is -1.53. The fourth-order valence-corrected chi connectivity index (χ4v) is 2.68. The molecule has 1 unspecified atom stereocenters. The van der Waals surface area contributed by atoms with E-state index in [1.54, 1.807) is 0 Å². The average molecular weight is 295 g/mol. The second kappa shape index (κ2) is 7.31. The van der Waals surface area contributed by atoms with Crippen LogP contribution in [0.1, 0.15) is 17.2 Å². The van der Waals surface area contributed by atoms with Gasteiger partial charge in [-0.3, -0.25) is 9.59 Å². The van der Waals surface area contributed by atoms with Gasteiger partial charge >= 0.3 is 5.97 Å². The molecule has 0 aromatic heterocycles. The molecule has 1 amide bonds. The Morgan fingerprint density at radius 1 is 1.40 bits per heavy atom. The summed E-state index contributed by atoms with van der Waals surface area (Å²) in [7, 11) is 0. The van der Waals surface area contributed by atoms with Crippen molar-refractivity contribution in [3.05, 3.63) is 35.4 Å². The van der Waals surface area contributed by atoms with Crippen LogP contribution in [0.15, 0.2) is 24.3 Å². The molecule has 0 bridgehead atoms. The third kappa shape index (κ3) is 3.98. The van der Waals surface area contributed by atoms with Crippen molar-refractivity contribution in [3.63, 3.8) is 0 Å². The molecule has 0 saturated carbocycles. The molecule has 6 heteroatoms. The summed E-state index contributed by atoms with van der Waals surface area (Å²) in [6, 6.07) is 7.79. The van der Waals surface area contributed by atoms with Crippen LogP contribution in [-0.4, -0.2) is 41.6 Å². The normalized spacial score (nSPS) is 17.3. The molecule has 0 spiro atoms. The molecule has 0 fully saturated rings. The van der Waals surface area contributed by atoms with Crippen molar-refractivity contribution in [2.24, 2.45) is 0 Å². The summed E-state index contributed by atoms with van der Waals surface area (Å²) in [5.41, 5.74) is 2.08. The van der Waals surface area contributed by atoms with E-state index in [4.69, 9.17) is 9.84 Å². The second-order valence-corrected chi connectivity index (χ2v) is 5.54. The largest absolute Gasteiger partial charge is 0.481 e. The first-order chi connectivity index (χ1) is 9.68. The number of fused-ring (bicyclic) bond motifs is 1. The number of hydrogen-bond acceptors (Lipinski definition) is 4. The minimum atomic E-state index is -0.842. The van der Waals surface area contributed by atoms with Crippen molar-refractivity contribution in [3.8, 4) is 0 Å². The lowest BCUT2D eigenvalue weighted by atomic mass is 9.97. The van der Waals surface area contributed by atoms with E-state index < -0.39 is 12.1 Å². The Kier molecular flexibility index (Phi) is 5.43. The van der Waals surface area contributed by atoms with Crippen LogP contribution in [0.4, 0.5) is 0 Å². The van der Waals surface area contributed by atoms with Gasteiger partial charge in [0.2, 0.25) is 0 Å². The van der Waals surface area contributed by atoms with Crippen LogP contribution in [-0.2, 0) is 20.7 Å². The van der Waals surface area contributed by atoms with Crippen molar-refractivity contribution in [1.29, 1.82) is 0 Å². The summed E-state index contributed by atoms with van der Waals surface area (Å²) in [5.74, 6) is -0.371. The molecule has 5 nitrogen and oxygen atoms in total. The predicted molar refractivity (Wildman–Crippen MR) is 76.8 cm³/mol. The van der Waals surface area contributed by atoms with Crippen molar-refractivity contribution in [2.45, 2.75) is 12.5 Å². The topological polar surface area (TPSA) is 75.6 Å². The van der Waals surface area contributed by atoms with Gasteiger partial charge in [0.25, 0.3) is 5.91 Å². The van der Waals surface area contributed by atoms with Gasteiger partial charge in [0.1, 0.15) is 0 Å². The van der Waals surface area contributed by atoms with Gasteiger partial charge < -0.3 is 15.2 Å². The highest BCUT2D eigenvalue weighted by Crippen LogP contribution is 2.26. The zero-order valence-corrected chi connectivity index (χ0v) is 11.8. The van der Waals surface area contributed by atoms with Crippen molar-refractivity contribution in [1.82, 2.24) is 5.32 Å². The molecule has 0 aliphatic carbocycles. The summed E-state index contributed by atoms with van der Waals surface area (Å²) >= 11 is 1.28. The van der Waals surface area contributed by atoms with E-state index in [1.807, 2.05) is 24.3 Å². The van der Waals surface area contributed by atoms with Crippen LogP contribution in [0, 0.1) is 0 Å². The number of carboxylic acids is 1. The number of amides is 1. The summed E-state index contributed by atoms with van der Waals surface area (Å²) in [4.78, 5) is 22.4. The van der Waals surface area contributed by atoms with Gasteiger partial charge in [-0.15, -0.1) is 11.8 Å². The first kappa shape index (κ1) is 14.9. The Bertz CT molecular complexity index is 492. The summed E-state index contributed by atoms with van der Waals surface area (Å²) < 4.78 is 5.55. The maximum Gasteiger partial charge on any atom is 0.313 e. The molecule has 1 aromatic carbocycles. The number of carboxylic acid groups (broad SMARTS) is 1. The molecule has 1 aliphatic rings. The Balaban J connectivity index is 1.83. The highest BCUT2D eigenvalue weighted by molar-refractivity contribution is 7.99. The highest BCUT2D eigenvalue weighted by atomic mass is 32.2. The Morgan fingerprint density at radius 3 is 3.00 bits per heavy atom. The summed E-state index contributed by atoms with van der Waals surface area (Å²) in [6.07, 6.45) is 0.276. The van der Waals surface area contributed by atoms with Gasteiger partial charge in [-0.25, -0.2) is 0 Å². The molecule has 2 rings (SSSR count). The maximum absolute atomic E-state index is 12.1. The molecule has 20 heavy (non-hydrogen) atoms. The van der Waals surface area contributed by atoms with Gasteiger partial charge in [0.05, 0.1) is 12.4 Å². The van der Waals surface area contributed by atoms with Crippen LogP contribution in [0.2, 0.25) is 0 Å². The second-order valence-electron chi connectivity index (χ2n) is 4.44. The molecule has 2 N–H and O–H groups in total. The van der Waals surface area contributed by atoms with E-state index in [1.165, 1.54) is 11.8 Å². The number of carbonyl (C=O) groups is 2. The summed E-state index contributed by atoms with van der Waals surface area (Å²) in [5, 5.41) is 11.3. The molecule has 1 atom stereocenters. The van der Waals surface area contributed by atoms with Gasteiger partial charge in [0, 0.05) is 12.3 Å². The van der Waals surface area contributed by atoms with E-state index in [0.29, 0.717) is 18.9 Å². The van der Waals surface area contributed by atoms with E-state index >= 15 is 0 Å². The van der Waals surface area contributed by atoms with Gasteiger partial charge in [-0.05, 0) is 17.5 Å². The number of ether oxygens (including phenoxy) is 1. The number of hydrogen-bond donors (Lipinski definition) is 2. The van der Waals surface area contributed by atoms with Crippen LogP contribution < -0.4 is 5.32 Å². The number of rotatable bonds is 6. The van der Waals surface area contributed by atoms with Crippen LogP contribution in [0.5, 0.6) is 0 Å². The van der Waals surface area contributed by atoms with Crippen LogP contribution >= 0.6 is 11.8 Å². The summed E-state index contributed by atoms with van der Waals surface area (Å²) in [6.45, 7) is 0.988. The maximum atomic E-state index is 12.1. The van der Waals surface area contributed by atoms with Crippen LogP contribution in [0.25, 0.3) is 0 Å². The Labute approximate surface area is 121 Å². The smallest absolute Gasteiger partial charge is 0.313 e. The van der Waals surface area contributed by atoms with Crippen molar-refractivity contribution < 1.29 is 19.4 Å². The zero-order chi connectivity index (χ0) is 14.4. The molecule has 0 radical (unpaired) electrons. The molecular formula is C14H17NO4S. The van der Waals surface area contributed by atoms with E-state index in [-0.39, 0.29) is 11.7 Å². The number of thioether (sulfide) groups is 1.